The Morgan fingerprint density at radius 2 is 1.58 bits per heavy atom. The second kappa shape index (κ2) is 7.99. The normalized spacial score (nSPS) is 15.5. The van der Waals surface area contributed by atoms with E-state index in [0.29, 0.717) is 52.1 Å². The Labute approximate surface area is 115 Å². The van der Waals surface area contributed by atoms with Crippen molar-refractivity contribution < 1.29 is 14.7 Å². The van der Waals surface area contributed by atoms with Crippen LogP contribution in [0.2, 0.25) is 0 Å². The third-order valence-corrected chi connectivity index (χ3v) is 3.49. The van der Waals surface area contributed by atoms with E-state index in [1.807, 2.05) is 18.7 Å². The molecule has 3 amide bonds. The van der Waals surface area contributed by atoms with E-state index in [0.717, 1.165) is 0 Å². The van der Waals surface area contributed by atoms with Crippen LogP contribution < -0.4 is 0 Å². The molecule has 0 bridgehead atoms. The summed E-state index contributed by atoms with van der Waals surface area (Å²) in [5, 5.41) is 8.71. The minimum Gasteiger partial charge on any atom is -0.396 e. The number of carbonyl (C=O) groups is 2. The van der Waals surface area contributed by atoms with Crippen LogP contribution in [0.25, 0.3) is 0 Å². The molecule has 19 heavy (non-hydrogen) atoms. The second-order valence-corrected chi connectivity index (χ2v) is 4.65. The van der Waals surface area contributed by atoms with E-state index in [1.54, 1.807) is 9.80 Å². The van der Waals surface area contributed by atoms with Crippen LogP contribution in [-0.4, -0.2) is 77.6 Å². The molecule has 0 aromatic carbocycles. The zero-order chi connectivity index (χ0) is 14.3. The summed E-state index contributed by atoms with van der Waals surface area (Å²) in [7, 11) is 0. The van der Waals surface area contributed by atoms with Gasteiger partial charge in [0.2, 0.25) is 5.91 Å². The van der Waals surface area contributed by atoms with Gasteiger partial charge in [0.25, 0.3) is 0 Å². The first-order valence-electron chi connectivity index (χ1n) is 7.06. The number of rotatable bonds is 5. The molecular formula is C13H25N3O3. The zero-order valence-electron chi connectivity index (χ0n) is 12.0. The van der Waals surface area contributed by atoms with Crippen LogP contribution in [0, 0.1) is 0 Å². The lowest BCUT2D eigenvalue weighted by molar-refractivity contribution is -0.132. The monoisotopic (exact) mass is 271 g/mol. The molecule has 0 spiro atoms. The summed E-state index contributed by atoms with van der Waals surface area (Å²) in [4.78, 5) is 29.3. The number of aliphatic hydroxyl groups excluding tert-OH is 1. The Morgan fingerprint density at radius 1 is 1.05 bits per heavy atom. The fourth-order valence-electron chi connectivity index (χ4n) is 2.23. The van der Waals surface area contributed by atoms with Crippen LogP contribution in [0.1, 0.15) is 26.7 Å². The molecule has 1 saturated heterocycles. The molecular weight excluding hydrogens is 246 g/mol. The van der Waals surface area contributed by atoms with Gasteiger partial charge >= 0.3 is 6.03 Å². The van der Waals surface area contributed by atoms with Crippen molar-refractivity contribution in [3.63, 3.8) is 0 Å². The quantitative estimate of drug-likeness (QED) is 0.785. The average molecular weight is 271 g/mol. The molecule has 1 rings (SSSR count). The van der Waals surface area contributed by atoms with Crippen LogP contribution in [0.3, 0.4) is 0 Å². The van der Waals surface area contributed by atoms with Gasteiger partial charge in [0.05, 0.1) is 0 Å². The van der Waals surface area contributed by atoms with Gasteiger partial charge in [-0.15, -0.1) is 0 Å². The van der Waals surface area contributed by atoms with E-state index in [9.17, 15) is 9.59 Å². The van der Waals surface area contributed by atoms with Crippen LogP contribution in [0.15, 0.2) is 0 Å². The molecule has 6 heteroatoms. The molecule has 110 valence electrons. The largest absolute Gasteiger partial charge is 0.396 e. The third-order valence-electron chi connectivity index (χ3n) is 3.49. The Morgan fingerprint density at radius 3 is 2.05 bits per heavy atom. The van der Waals surface area contributed by atoms with Crippen molar-refractivity contribution in [1.29, 1.82) is 0 Å². The molecule has 1 N–H and O–H groups in total. The highest BCUT2D eigenvalue weighted by Crippen LogP contribution is 2.08. The van der Waals surface area contributed by atoms with Gasteiger partial charge in [0, 0.05) is 52.3 Å². The third kappa shape index (κ3) is 4.38. The zero-order valence-corrected chi connectivity index (χ0v) is 12.0. The highest BCUT2D eigenvalue weighted by atomic mass is 16.3. The topological polar surface area (TPSA) is 64.1 Å². The minimum atomic E-state index is 0.0478. The summed E-state index contributed by atoms with van der Waals surface area (Å²) in [6, 6.07) is 0.0625. The van der Waals surface area contributed by atoms with E-state index in [2.05, 4.69) is 0 Å². The molecule has 1 aliphatic rings. The summed E-state index contributed by atoms with van der Waals surface area (Å²) in [5.74, 6) is 0.0731. The van der Waals surface area contributed by atoms with Gasteiger partial charge < -0.3 is 19.8 Å². The number of urea groups is 1. The average Bonchev–Trinajstić information content (AvgIpc) is 2.46. The maximum absolute atomic E-state index is 12.1. The van der Waals surface area contributed by atoms with Gasteiger partial charge in [-0.05, 0) is 20.3 Å². The van der Waals surface area contributed by atoms with Gasteiger partial charge in [-0.25, -0.2) is 4.79 Å². The van der Waals surface area contributed by atoms with Crippen molar-refractivity contribution in [3.8, 4) is 0 Å². The molecule has 1 fully saturated rings. The number of carbonyl (C=O) groups excluding carboxylic acids is 2. The van der Waals surface area contributed by atoms with Crippen molar-refractivity contribution in [2.45, 2.75) is 26.7 Å². The Hall–Kier alpha value is -1.30. The lowest BCUT2D eigenvalue weighted by Crippen LogP contribution is -2.54. The van der Waals surface area contributed by atoms with Crippen molar-refractivity contribution in [2.24, 2.45) is 0 Å². The summed E-state index contributed by atoms with van der Waals surface area (Å²) in [6.45, 7) is 7.79. The van der Waals surface area contributed by atoms with Gasteiger partial charge in [-0.3, -0.25) is 4.79 Å². The molecule has 0 aliphatic carbocycles. The van der Waals surface area contributed by atoms with Crippen LogP contribution in [-0.2, 0) is 4.79 Å². The van der Waals surface area contributed by atoms with Crippen molar-refractivity contribution in [2.75, 3.05) is 45.9 Å². The molecule has 1 heterocycles. The van der Waals surface area contributed by atoms with Crippen LogP contribution in [0.5, 0.6) is 0 Å². The van der Waals surface area contributed by atoms with Gasteiger partial charge in [-0.2, -0.15) is 0 Å². The minimum absolute atomic E-state index is 0.0478. The summed E-state index contributed by atoms with van der Waals surface area (Å²) in [5.41, 5.74) is 0. The van der Waals surface area contributed by atoms with Crippen molar-refractivity contribution in [1.82, 2.24) is 14.7 Å². The first-order valence-corrected chi connectivity index (χ1v) is 7.06. The molecule has 0 radical (unpaired) electrons. The summed E-state index contributed by atoms with van der Waals surface area (Å²) >= 11 is 0. The number of piperazine rings is 1. The lowest BCUT2D eigenvalue weighted by atomic mass is 10.2. The van der Waals surface area contributed by atoms with E-state index in [-0.39, 0.29) is 18.5 Å². The molecule has 0 aromatic rings. The highest BCUT2D eigenvalue weighted by Gasteiger charge is 2.25. The number of nitrogens with zero attached hydrogens (tertiary/aromatic N) is 3. The maximum Gasteiger partial charge on any atom is 0.320 e. The molecule has 1 aliphatic heterocycles. The molecule has 0 saturated carbocycles. The lowest BCUT2D eigenvalue weighted by Gasteiger charge is -2.37. The fourth-order valence-corrected chi connectivity index (χ4v) is 2.23. The predicted octanol–water partition coefficient (Wildman–Crippen LogP) is 0.365. The van der Waals surface area contributed by atoms with Gasteiger partial charge in [0.1, 0.15) is 0 Å². The van der Waals surface area contributed by atoms with E-state index >= 15 is 0 Å². The van der Waals surface area contributed by atoms with Gasteiger partial charge in [0.15, 0.2) is 0 Å². The summed E-state index contributed by atoms with van der Waals surface area (Å²) in [6.07, 6.45) is 0.901. The Kier molecular flexibility index (Phi) is 6.62. The Balaban J connectivity index is 2.40. The molecule has 0 unspecified atom stereocenters. The molecule has 0 aromatic heterocycles. The molecule has 6 nitrogen and oxygen atoms in total. The first kappa shape index (κ1) is 15.8. The van der Waals surface area contributed by atoms with E-state index in [4.69, 9.17) is 5.11 Å². The second-order valence-electron chi connectivity index (χ2n) is 4.65. The van der Waals surface area contributed by atoms with Crippen LogP contribution in [0.4, 0.5) is 4.79 Å². The smallest absolute Gasteiger partial charge is 0.320 e. The number of amides is 3. The van der Waals surface area contributed by atoms with Crippen molar-refractivity contribution in [3.05, 3.63) is 0 Å². The first-order chi connectivity index (χ1) is 9.13. The number of hydrogen-bond acceptors (Lipinski definition) is 3. The molecule has 0 atom stereocenters. The van der Waals surface area contributed by atoms with Crippen LogP contribution >= 0.6 is 0 Å². The number of aliphatic hydroxyl groups is 1. The Bertz CT molecular complexity index is 298. The van der Waals surface area contributed by atoms with E-state index < -0.39 is 0 Å². The van der Waals surface area contributed by atoms with E-state index in [1.165, 1.54) is 0 Å². The van der Waals surface area contributed by atoms with Gasteiger partial charge in [-0.1, -0.05) is 0 Å². The highest BCUT2D eigenvalue weighted by molar-refractivity contribution is 5.77. The standard InChI is InChI=1S/C13H25N3O3/c1-3-14(4-2)13(19)16-9-7-15(8-10-16)12(18)6-5-11-17/h17H,3-11H2,1-2H3. The maximum atomic E-state index is 12.1. The predicted molar refractivity (Wildman–Crippen MR) is 72.8 cm³/mol. The van der Waals surface area contributed by atoms with Crippen molar-refractivity contribution >= 4 is 11.9 Å². The fraction of sp³-hybridized carbons (Fsp3) is 0.846. The summed E-state index contributed by atoms with van der Waals surface area (Å²) < 4.78 is 0. The number of hydrogen-bond donors (Lipinski definition) is 1. The SMILES string of the molecule is CCN(CC)C(=O)N1CCN(C(=O)CCCO)CC1.